The first-order chi connectivity index (χ1) is 10.7. The van der Waals surface area contributed by atoms with Crippen molar-refractivity contribution in [1.29, 1.82) is 0 Å². The van der Waals surface area contributed by atoms with E-state index in [9.17, 15) is 9.90 Å². The molecular weight excluding hydrogens is 280 g/mol. The molecule has 0 aliphatic carbocycles. The van der Waals surface area contributed by atoms with Gasteiger partial charge in [-0.1, -0.05) is 6.92 Å². The zero-order chi connectivity index (χ0) is 15.9. The smallest absolute Gasteiger partial charge is 0.227 e. The quantitative estimate of drug-likeness (QED) is 0.846. The fraction of sp³-hybridized carbons (Fsp3) is 0.588. The minimum Gasteiger partial charge on any atom is -0.496 e. The third-order valence-corrected chi connectivity index (χ3v) is 4.22. The molecule has 1 heterocycles. The summed E-state index contributed by atoms with van der Waals surface area (Å²) in [6.45, 7) is 5.18. The molecule has 1 fully saturated rings. The van der Waals surface area contributed by atoms with Gasteiger partial charge in [-0.3, -0.25) is 4.79 Å². The summed E-state index contributed by atoms with van der Waals surface area (Å²) in [4.78, 5) is 14.8. The number of amides is 1. The van der Waals surface area contributed by atoms with Crippen LogP contribution in [0.3, 0.4) is 0 Å². The number of rotatable bonds is 6. The minimum absolute atomic E-state index is 0.0743. The Kier molecular flexibility index (Phi) is 6.21. The Bertz CT molecular complexity index is 497. The summed E-state index contributed by atoms with van der Waals surface area (Å²) in [7, 11) is 1.57. The number of aliphatic hydroxyl groups is 1. The van der Waals surface area contributed by atoms with Gasteiger partial charge in [0.15, 0.2) is 0 Å². The molecule has 0 unspecified atom stereocenters. The number of anilines is 1. The van der Waals surface area contributed by atoms with Gasteiger partial charge < -0.3 is 20.1 Å². The standard InChI is InChI=1S/C17H26N2O3/c1-3-8-19-9-6-13(7-10-19)17(21)18-15-4-5-16(22-2)14(11-15)12-20/h4-5,11,13,20H,3,6-10,12H2,1-2H3,(H,18,21). The zero-order valence-electron chi connectivity index (χ0n) is 13.5. The summed E-state index contributed by atoms with van der Waals surface area (Å²) in [5, 5.41) is 12.3. The van der Waals surface area contributed by atoms with Crippen molar-refractivity contribution in [3.63, 3.8) is 0 Å². The number of nitrogens with zero attached hydrogens (tertiary/aromatic N) is 1. The number of aliphatic hydroxyl groups excluding tert-OH is 1. The van der Waals surface area contributed by atoms with E-state index in [4.69, 9.17) is 4.74 Å². The van der Waals surface area contributed by atoms with Crippen molar-refractivity contribution in [1.82, 2.24) is 4.90 Å². The van der Waals surface area contributed by atoms with Gasteiger partial charge in [0.1, 0.15) is 5.75 Å². The summed E-state index contributed by atoms with van der Waals surface area (Å²) in [5.41, 5.74) is 1.39. The molecule has 0 spiro atoms. The molecule has 2 rings (SSSR count). The number of piperidine rings is 1. The predicted molar refractivity (Wildman–Crippen MR) is 87.0 cm³/mol. The lowest BCUT2D eigenvalue weighted by molar-refractivity contribution is -0.121. The molecule has 0 aromatic heterocycles. The van der Waals surface area contributed by atoms with Crippen molar-refractivity contribution < 1.29 is 14.6 Å². The van der Waals surface area contributed by atoms with Crippen LogP contribution in [0.2, 0.25) is 0 Å². The van der Waals surface area contributed by atoms with E-state index in [1.165, 1.54) is 0 Å². The summed E-state index contributed by atoms with van der Waals surface area (Å²) in [6, 6.07) is 5.34. The molecule has 5 heteroatoms. The lowest BCUT2D eigenvalue weighted by Gasteiger charge is -2.30. The lowest BCUT2D eigenvalue weighted by atomic mass is 9.95. The van der Waals surface area contributed by atoms with Crippen molar-refractivity contribution in [3.8, 4) is 5.75 Å². The molecule has 1 aliphatic rings. The van der Waals surface area contributed by atoms with Crippen LogP contribution in [0.5, 0.6) is 5.75 Å². The molecule has 0 atom stereocenters. The molecule has 22 heavy (non-hydrogen) atoms. The van der Waals surface area contributed by atoms with Gasteiger partial charge in [-0.2, -0.15) is 0 Å². The minimum atomic E-state index is -0.109. The molecular formula is C17H26N2O3. The number of carbonyl (C=O) groups is 1. The van der Waals surface area contributed by atoms with Crippen LogP contribution in [0.1, 0.15) is 31.7 Å². The molecule has 2 N–H and O–H groups in total. The number of carbonyl (C=O) groups excluding carboxylic acids is 1. The number of benzene rings is 1. The fourth-order valence-electron chi connectivity index (χ4n) is 2.96. The third kappa shape index (κ3) is 4.21. The lowest BCUT2D eigenvalue weighted by Crippen LogP contribution is -2.38. The van der Waals surface area contributed by atoms with Gasteiger partial charge in [-0.05, 0) is 57.1 Å². The van der Waals surface area contributed by atoms with Crippen LogP contribution in [-0.2, 0) is 11.4 Å². The fourth-order valence-corrected chi connectivity index (χ4v) is 2.96. The number of hydrogen-bond donors (Lipinski definition) is 2. The van der Waals surface area contributed by atoms with E-state index >= 15 is 0 Å². The Hall–Kier alpha value is -1.59. The maximum absolute atomic E-state index is 12.4. The summed E-state index contributed by atoms with van der Waals surface area (Å²) >= 11 is 0. The molecule has 1 aliphatic heterocycles. The normalized spacial score (nSPS) is 16.5. The predicted octanol–water partition coefficient (Wildman–Crippen LogP) is 2.25. The van der Waals surface area contributed by atoms with Crippen LogP contribution >= 0.6 is 0 Å². The number of likely N-dealkylation sites (tertiary alicyclic amines) is 1. The number of hydrogen-bond acceptors (Lipinski definition) is 4. The SMILES string of the molecule is CCCN1CCC(C(=O)Nc2ccc(OC)c(CO)c2)CC1. The maximum atomic E-state index is 12.4. The highest BCUT2D eigenvalue weighted by Gasteiger charge is 2.24. The third-order valence-electron chi connectivity index (χ3n) is 4.22. The molecule has 0 saturated carbocycles. The highest BCUT2D eigenvalue weighted by Crippen LogP contribution is 2.24. The molecule has 1 saturated heterocycles. The first-order valence-corrected chi connectivity index (χ1v) is 7.99. The van der Waals surface area contributed by atoms with Crippen molar-refractivity contribution >= 4 is 11.6 Å². The molecule has 1 aromatic carbocycles. The second kappa shape index (κ2) is 8.15. The second-order valence-corrected chi connectivity index (χ2v) is 5.79. The molecule has 1 aromatic rings. The van der Waals surface area contributed by atoms with Crippen LogP contribution in [0.15, 0.2) is 18.2 Å². The van der Waals surface area contributed by atoms with Gasteiger partial charge in [-0.15, -0.1) is 0 Å². The van der Waals surface area contributed by atoms with E-state index in [1.807, 2.05) is 6.07 Å². The van der Waals surface area contributed by atoms with Gasteiger partial charge in [0.25, 0.3) is 0 Å². The Morgan fingerprint density at radius 1 is 1.41 bits per heavy atom. The average Bonchev–Trinajstić information content (AvgIpc) is 2.55. The van der Waals surface area contributed by atoms with Crippen LogP contribution in [0.4, 0.5) is 5.69 Å². The van der Waals surface area contributed by atoms with Crippen LogP contribution < -0.4 is 10.1 Å². The van der Waals surface area contributed by atoms with Crippen molar-refractivity contribution in [2.45, 2.75) is 32.8 Å². The summed E-state index contributed by atoms with van der Waals surface area (Å²) in [5.74, 6) is 0.784. The van der Waals surface area contributed by atoms with Gasteiger partial charge in [0.2, 0.25) is 5.91 Å². The van der Waals surface area contributed by atoms with Crippen molar-refractivity contribution in [2.24, 2.45) is 5.92 Å². The highest BCUT2D eigenvalue weighted by atomic mass is 16.5. The number of methoxy groups -OCH3 is 1. The Labute approximate surface area is 132 Å². The van der Waals surface area contributed by atoms with E-state index in [0.29, 0.717) is 17.0 Å². The topological polar surface area (TPSA) is 61.8 Å². The Morgan fingerprint density at radius 3 is 2.73 bits per heavy atom. The van der Waals surface area contributed by atoms with E-state index in [2.05, 4.69) is 17.1 Å². The summed E-state index contributed by atoms with van der Waals surface area (Å²) in [6.07, 6.45) is 2.98. The van der Waals surface area contributed by atoms with E-state index < -0.39 is 0 Å². The largest absolute Gasteiger partial charge is 0.496 e. The first-order valence-electron chi connectivity index (χ1n) is 7.99. The van der Waals surface area contributed by atoms with Gasteiger partial charge in [-0.25, -0.2) is 0 Å². The van der Waals surface area contributed by atoms with Crippen molar-refractivity contribution in [3.05, 3.63) is 23.8 Å². The van der Waals surface area contributed by atoms with Gasteiger partial charge >= 0.3 is 0 Å². The van der Waals surface area contributed by atoms with Crippen LogP contribution in [-0.4, -0.2) is 42.7 Å². The molecule has 0 radical (unpaired) electrons. The van der Waals surface area contributed by atoms with E-state index in [-0.39, 0.29) is 18.4 Å². The Morgan fingerprint density at radius 2 is 2.14 bits per heavy atom. The van der Waals surface area contributed by atoms with Crippen molar-refractivity contribution in [2.75, 3.05) is 32.1 Å². The molecule has 1 amide bonds. The highest BCUT2D eigenvalue weighted by molar-refractivity contribution is 5.92. The van der Waals surface area contributed by atoms with Crippen LogP contribution in [0, 0.1) is 5.92 Å². The second-order valence-electron chi connectivity index (χ2n) is 5.79. The van der Waals surface area contributed by atoms with Crippen LogP contribution in [0.25, 0.3) is 0 Å². The molecule has 5 nitrogen and oxygen atoms in total. The van der Waals surface area contributed by atoms with Gasteiger partial charge in [0, 0.05) is 17.2 Å². The molecule has 122 valence electrons. The first kappa shape index (κ1) is 16.8. The maximum Gasteiger partial charge on any atom is 0.227 e. The molecule has 0 bridgehead atoms. The van der Waals surface area contributed by atoms with Gasteiger partial charge in [0.05, 0.1) is 13.7 Å². The van der Waals surface area contributed by atoms with E-state index in [0.717, 1.165) is 38.9 Å². The monoisotopic (exact) mass is 306 g/mol. The zero-order valence-corrected chi connectivity index (χ0v) is 13.5. The van der Waals surface area contributed by atoms with E-state index in [1.54, 1.807) is 19.2 Å². The number of nitrogens with one attached hydrogen (secondary N) is 1. The summed E-state index contributed by atoms with van der Waals surface area (Å²) < 4.78 is 5.17. The number of ether oxygens (including phenoxy) is 1. The average molecular weight is 306 g/mol. The Balaban J connectivity index is 1.92.